The first-order valence-electron chi connectivity index (χ1n) is 6.08. The summed E-state index contributed by atoms with van der Waals surface area (Å²) in [5.74, 6) is 0.201. The summed E-state index contributed by atoms with van der Waals surface area (Å²) >= 11 is 6.28. The van der Waals surface area contributed by atoms with E-state index in [0.29, 0.717) is 12.8 Å². The summed E-state index contributed by atoms with van der Waals surface area (Å²) in [6.45, 7) is 6.00. The number of hydrogen-bond donors (Lipinski definition) is 1. The minimum Gasteiger partial charge on any atom is -0.512 e. The number of allylic oxidation sites excluding steroid dienone is 2. The smallest absolute Gasteiger partial charge is 0.159 e. The molecule has 0 amide bonds. The van der Waals surface area contributed by atoms with E-state index in [0.717, 1.165) is 27.3 Å². The second-order valence-corrected chi connectivity index (χ2v) is 5.45. The molecule has 1 aliphatic rings. The Kier molecular flexibility index (Phi) is 3.49. The lowest BCUT2D eigenvalue weighted by atomic mass is 9.81. The van der Waals surface area contributed by atoms with Crippen LogP contribution in [-0.2, 0) is 4.79 Å². The maximum absolute atomic E-state index is 11.6. The van der Waals surface area contributed by atoms with Gasteiger partial charge in [0.15, 0.2) is 5.78 Å². The highest BCUT2D eigenvalue weighted by Gasteiger charge is 2.25. The van der Waals surface area contributed by atoms with Crippen molar-refractivity contribution in [3.63, 3.8) is 0 Å². The van der Waals surface area contributed by atoms with Crippen molar-refractivity contribution < 1.29 is 9.90 Å². The lowest BCUT2D eigenvalue weighted by Crippen LogP contribution is -2.15. The molecule has 1 aliphatic carbocycles. The van der Waals surface area contributed by atoms with Crippen LogP contribution in [0.25, 0.3) is 0 Å². The number of aliphatic hydroxyl groups excluding tert-OH is 1. The molecule has 0 aliphatic heterocycles. The molecule has 1 atom stereocenters. The fourth-order valence-electron chi connectivity index (χ4n) is 2.88. The first-order chi connectivity index (χ1) is 8.40. The Morgan fingerprint density at radius 1 is 1.22 bits per heavy atom. The summed E-state index contributed by atoms with van der Waals surface area (Å²) < 4.78 is 0. The minimum absolute atomic E-state index is 0.0146. The molecule has 18 heavy (non-hydrogen) atoms. The number of halogens is 1. The molecule has 0 aromatic heterocycles. The molecule has 2 nitrogen and oxygen atoms in total. The monoisotopic (exact) mass is 264 g/mol. The van der Waals surface area contributed by atoms with Crippen molar-refractivity contribution in [2.24, 2.45) is 0 Å². The molecular formula is C15H17ClO2. The summed E-state index contributed by atoms with van der Waals surface area (Å²) in [5, 5.41) is 10.4. The zero-order valence-electron chi connectivity index (χ0n) is 10.9. The number of carbonyl (C=O) groups excluding carboxylic acids is 1. The molecule has 0 radical (unpaired) electrons. The van der Waals surface area contributed by atoms with Gasteiger partial charge < -0.3 is 5.11 Å². The minimum atomic E-state index is -0.0146. The molecular weight excluding hydrogens is 248 g/mol. The normalized spacial score (nSPS) is 19.9. The Bertz CT molecular complexity index is 544. The van der Waals surface area contributed by atoms with E-state index in [1.165, 1.54) is 6.08 Å². The fraction of sp³-hybridized carbons (Fsp3) is 0.400. The van der Waals surface area contributed by atoms with E-state index < -0.39 is 0 Å². The van der Waals surface area contributed by atoms with Crippen LogP contribution < -0.4 is 0 Å². The van der Waals surface area contributed by atoms with E-state index in [1.54, 1.807) is 0 Å². The molecule has 1 aromatic rings. The van der Waals surface area contributed by atoms with Gasteiger partial charge >= 0.3 is 0 Å². The van der Waals surface area contributed by atoms with Crippen molar-refractivity contribution in [3.8, 4) is 0 Å². The highest BCUT2D eigenvalue weighted by Crippen LogP contribution is 2.37. The predicted octanol–water partition coefficient (Wildman–Crippen LogP) is 4.15. The second-order valence-electron chi connectivity index (χ2n) is 5.07. The van der Waals surface area contributed by atoms with Gasteiger partial charge in [-0.05, 0) is 48.9 Å². The maximum atomic E-state index is 11.6. The molecule has 3 heteroatoms. The standard InChI is InChI=1S/C15H17ClO2/c1-8-4-9(2)15(16)10(3)14(8)11-5-12(17)7-13(18)6-11/h4,7,11,17H,5-6H2,1-3H3. The van der Waals surface area contributed by atoms with E-state index in [-0.39, 0.29) is 17.5 Å². The number of rotatable bonds is 1. The molecule has 0 saturated carbocycles. The third-order valence-electron chi connectivity index (χ3n) is 3.58. The predicted molar refractivity (Wildman–Crippen MR) is 73.4 cm³/mol. The van der Waals surface area contributed by atoms with Crippen LogP contribution in [0.5, 0.6) is 0 Å². The molecule has 0 bridgehead atoms. The van der Waals surface area contributed by atoms with Crippen molar-refractivity contribution in [2.45, 2.75) is 39.5 Å². The van der Waals surface area contributed by atoms with Crippen LogP contribution in [0.4, 0.5) is 0 Å². The zero-order valence-corrected chi connectivity index (χ0v) is 11.6. The van der Waals surface area contributed by atoms with Crippen molar-refractivity contribution in [1.29, 1.82) is 0 Å². The Morgan fingerprint density at radius 3 is 2.50 bits per heavy atom. The highest BCUT2D eigenvalue weighted by atomic mass is 35.5. The Labute approximate surface area is 112 Å². The molecule has 96 valence electrons. The van der Waals surface area contributed by atoms with E-state index in [4.69, 9.17) is 11.6 Å². The van der Waals surface area contributed by atoms with Crippen LogP contribution in [0.3, 0.4) is 0 Å². The fourth-order valence-corrected chi connectivity index (χ4v) is 3.04. The lowest BCUT2D eigenvalue weighted by molar-refractivity contribution is -0.115. The van der Waals surface area contributed by atoms with Gasteiger partial charge in [-0.2, -0.15) is 0 Å². The van der Waals surface area contributed by atoms with Crippen LogP contribution in [0.1, 0.15) is 41.0 Å². The van der Waals surface area contributed by atoms with E-state index in [1.807, 2.05) is 26.8 Å². The van der Waals surface area contributed by atoms with Gasteiger partial charge in [0.1, 0.15) is 0 Å². The van der Waals surface area contributed by atoms with Crippen LogP contribution >= 0.6 is 11.6 Å². The topological polar surface area (TPSA) is 37.3 Å². The van der Waals surface area contributed by atoms with Gasteiger partial charge in [-0.25, -0.2) is 0 Å². The number of ketones is 1. The largest absolute Gasteiger partial charge is 0.512 e. The SMILES string of the molecule is Cc1cc(C)c(C2CC(=O)C=C(O)C2)c(C)c1Cl. The number of carbonyl (C=O) groups is 1. The summed E-state index contributed by atoms with van der Waals surface area (Å²) in [7, 11) is 0. The molecule has 2 rings (SSSR count). The zero-order chi connectivity index (χ0) is 13.4. The van der Waals surface area contributed by atoms with Crippen LogP contribution in [0.2, 0.25) is 5.02 Å². The van der Waals surface area contributed by atoms with Crippen LogP contribution in [-0.4, -0.2) is 10.9 Å². The highest BCUT2D eigenvalue weighted by molar-refractivity contribution is 6.32. The van der Waals surface area contributed by atoms with Gasteiger partial charge in [0.2, 0.25) is 0 Å². The van der Waals surface area contributed by atoms with Crippen molar-refractivity contribution in [3.05, 3.63) is 45.2 Å². The number of aryl methyl sites for hydroxylation is 2. The number of benzene rings is 1. The number of aliphatic hydroxyl groups is 1. The molecule has 0 heterocycles. The van der Waals surface area contributed by atoms with Crippen molar-refractivity contribution >= 4 is 17.4 Å². The summed E-state index contributed by atoms with van der Waals surface area (Å²) in [4.78, 5) is 11.6. The maximum Gasteiger partial charge on any atom is 0.159 e. The van der Waals surface area contributed by atoms with Crippen LogP contribution in [0.15, 0.2) is 17.9 Å². The average Bonchev–Trinajstić information content (AvgIpc) is 2.24. The average molecular weight is 265 g/mol. The number of hydrogen-bond acceptors (Lipinski definition) is 2. The van der Waals surface area contributed by atoms with Crippen LogP contribution in [0, 0.1) is 20.8 Å². The quantitative estimate of drug-likeness (QED) is 0.827. The molecule has 1 unspecified atom stereocenters. The van der Waals surface area contributed by atoms with Crippen molar-refractivity contribution in [1.82, 2.24) is 0 Å². The molecule has 0 saturated heterocycles. The summed E-state index contributed by atoms with van der Waals surface area (Å²) in [6, 6.07) is 2.05. The third kappa shape index (κ3) is 2.30. The second kappa shape index (κ2) is 4.77. The molecule has 0 fully saturated rings. The Hall–Kier alpha value is -1.28. The Morgan fingerprint density at radius 2 is 1.89 bits per heavy atom. The van der Waals surface area contributed by atoms with Gasteiger partial charge in [-0.15, -0.1) is 0 Å². The van der Waals surface area contributed by atoms with E-state index in [9.17, 15) is 9.90 Å². The van der Waals surface area contributed by atoms with Crippen molar-refractivity contribution in [2.75, 3.05) is 0 Å². The first kappa shape index (κ1) is 13.2. The third-order valence-corrected chi connectivity index (χ3v) is 4.16. The van der Waals surface area contributed by atoms with Gasteiger partial charge in [0.25, 0.3) is 0 Å². The summed E-state index contributed by atoms with van der Waals surface area (Å²) in [6.07, 6.45) is 2.30. The van der Waals surface area contributed by atoms with E-state index >= 15 is 0 Å². The first-order valence-corrected chi connectivity index (χ1v) is 6.46. The molecule has 0 spiro atoms. The van der Waals surface area contributed by atoms with E-state index in [2.05, 4.69) is 0 Å². The Balaban J connectivity index is 2.49. The van der Waals surface area contributed by atoms with Gasteiger partial charge in [-0.3, -0.25) is 4.79 Å². The summed E-state index contributed by atoms with van der Waals surface area (Å²) in [5.41, 5.74) is 4.33. The van der Waals surface area contributed by atoms with Gasteiger partial charge in [0.05, 0.1) is 5.76 Å². The molecule has 1 aromatic carbocycles. The van der Waals surface area contributed by atoms with Gasteiger partial charge in [-0.1, -0.05) is 17.7 Å². The van der Waals surface area contributed by atoms with Gasteiger partial charge in [0, 0.05) is 23.9 Å². The molecule has 1 N–H and O–H groups in total. The lowest BCUT2D eigenvalue weighted by Gasteiger charge is -2.24.